The lowest BCUT2D eigenvalue weighted by molar-refractivity contribution is 0.660. The largest absolute Gasteiger partial charge is 0.208 e. The summed E-state index contributed by atoms with van der Waals surface area (Å²) < 4.78 is 0. The Morgan fingerprint density at radius 2 is 0.979 bits per heavy atom. The van der Waals surface area contributed by atoms with Crippen molar-refractivity contribution in [3.8, 4) is 73.6 Å². The van der Waals surface area contributed by atoms with Gasteiger partial charge in [0.15, 0.2) is 17.5 Å². The Balaban J connectivity index is 1.26. The van der Waals surface area contributed by atoms with Gasteiger partial charge in [0.2, 0.25) is 0 Å². The zero-order valence-corrected chi connectivity index (χ0v) is 26.1. The Labute approximate surface area is 274 Å². The molecule has 1 heterocycles. The summed E-state index contributed by atoms with van der Waals surface area (Å²) >= 11 is 0. The Morgan fingerprint density at radius 3 is 1.66 bits per heavy atom. The Morgan fingerprint density at radius 1 is 0.447 bits per heavy atom. The average Bonchev–Trinajstić information content (AvgIpc) is 3.37. The number of benzene rings is 6. The van der Waals surface area contributed by atoms with Gasteiger partial charge in [-0.1, -0.05) is 141 Å². The molecule has 0 bridgehead atoms. The third kappa shape index (κ3) is 4.99. The van der Waals surface area contributed by atoms with Crippen LogP contribution in [0.1, 0.15) is 30.5 Å². The van der Waals surface area contributed by atoms with Crippen molar-refractivity contribution in [2.75, 3.05) is 0 Å². The van der Waals surface area contributed by atoms with Gasteiger partial charge in [-0.05, 0) is 62.7 Å². The van der Waals surface area contributed by atoms with E-state index in [1.54, 1.807) is 0 Å². The van der Waals surface area contributed by atoms with Gasteiger partial charge in [0.05, 0.1) is 11.6 Å². The minimum Gasteiger partial charge on any atom is -0.208 e. The van der Waals surface area contributed by atoms with E-state index in [-0.39, 0.29) is 5.41 Å². The molecule has 1 aliphatic rings. The van der Waals surface area contributed by atoms with Crippen LogP contribution in [0.3, 0.4) is 0 Å². The summed E-state index contributed by atoms with van der Waals surface area (Å²) in [6.07, 6.45) is 0. The van der Waals surface area contributed by atoms with Gasteiger partial charge < -0.3 is 0 Å². The predicted octanol–water partition coefficient (Wildman–Crippen LogP) is 10.4. The maximum absolute atomic E-state index is 9.70. The van der Waals surface area contributed by atoms with Crippen LogP contribution in [0.25, 0.3) is 67.5 Å². The third-order valence-corrected chi connectivity index (χ3v) is 9.18. The number of rotatable bonds is 5. The monoisotopic (exact) mass is 602 g/mol. The highest BCUT2D eigenvalue weighted by atomic mass is 15.0. The lowest BCUT2D eigenvalue weighted by Gasteiger charge is -2.21. The average molecular weight is 603 g/mol. The van der Waals surface area contributed by atoms with E-state index in [1.165, 1.54) is 22.3 Å². The molecule has 47 heavy (non-hydrogen) atoms. The first-order chi connectivity index (χ1) is 23.0. The van der Waals surface area contributed by atoms with Gasteiger partial charge in [-0.2, -0.15) is 5.26 Å². The van der Waals surface area contributed by atoms with Crippen LogP contribution < -0.4 is 0 Å². The molecule has 0 saturated heterocycles. The number of hydrogen-bond acceptors (Lipinski definition) is 4. The number of fused-ring (bicyclic) bond motifs is 3. The Bertz CT molecular complexity index is 2320. The van der Waals surface area contributed by atoms with Gasteiger partial charge in [-0.15, -0.1) is 0 Å². The van der Waals surface area contributed by atoms with Crippen LogP contribution >= 0.6 is 0 Å². The highest BCUT2D eigenvalue weighted by Gasteiger charge is 2.37. The second kappa shape index (κ2) is 11.3. The summed E-state index contributed by atoms with van der Waals surface area (Å²) in [5, 5.41) is 9.70. The van der Waals surface area contributed by atoms with Crippen LogP contribution in [-0.2, 0) is 5.41 Å². The molecule has 0 fully saturated rings. The number of hydrogen-bond donors (Lipinski definition) is 0. The van der Waals surface area contributed by atoms with Crippen molar-refractivity contribution in [3.63, 3.8) is 0 Å². The molecule has 8 rings (SSSR count). The van der Waals surface area contributed by atoms with Crippen LogP contribution in [0.15, 0.2) is 146 Å². The summed E-state index contributed by atoms with van der Waals surface area (Å²) in [7, 11) is 0. The van der Waals surface area contributed by atoms with Crippen LogP contribution in [0.2, 0.25) is 0 Å². The molecule has 0 saturated carbocycles. The van der Waals surface area contributed by atoms with Crippen LogP contribution in [0, 0.1) is 11.3 Å². The molecule has 222 valence electrons. The summed E-state index contributed by atoms with van der Waals surface area (Å²) in [5.41, 5.74) is 12.6. The summed E-state index contributed by atoms with van der Waals surface area (Å²) in [6, 6.07) is 52.1. The SMILES string of the molecule is CC1(C)c2ccc(C#N)cc2-c2c(-c3cccc(-c4nc(-c5ccccc5)nc(-c5ccc(-c6ccccc6)cc5)n4)c3)cccc21. The number of aromatic nitrogens is 3. The van der Waals surface area contributed by atoms with E-state index in [2.05, 4.69) is 117 Å². The topological polar surface area (TPSA) is 62.5 Å². The number of nitriles is 1. The second-order valence-corrected chi connectivity index (χ2v) is 12.4. The van der Waals surface area contributed by atoms with E-state index < -0.39 is 0 Å². The fraction of sp³-hybridized carbons (Fsp3) is 0.0698. The van der Waals surface area contributed by atoms with Gasteiger partial charge in [0, 0.05) is 22.1 Å². The van der Waals surface area contributed by atoms with E-state index in [0.29, 0.717) is 23.0 Å². The van der Waals surface area contributed by atoms with E-state index in [4.69, 9.17) is 15.0 Å². The zero-order chi connectivity index (χ0) is 32.0. The highest BCUT2D eigenvalue weighted by molar-refractivity contribution is 5.93. The van der Waals surface area contributed by atoms with Crippen molar-refractivity contribution in [2.45, 2.75) is 19.3 Å². The molecule has 0 amide bonds. The van der Waals surface area contributed by atoms with Crippen LogP contribution in [0.4, 0.5) is 0 Å². The van der Waals surface area contributed by atoms with Gasteiger partial charge >= 0.3 is 0 Å². The summed E-state index contributed by atoms with van der Waals surface area (Å²) in [4.78, 5) is 15.0. The third-order valence-electron chi connectivity index (χ3n) is 9.18. The predicted molar refractivity (Wildman–Crippen MR) is 189 cm³/mol. The Hall–Kier alpha value is -6.18. The molecule has 1 aromatic heterocycles. The normalized spacial score (nSPS) is 12.6. The molecule has 6 aromatic carbocycles. The van der Waals surface area contributed by atoms with E-state index >= 15 is 0 Å². The van der Waals surface area contributed by atoms with Crippen molar-refractivity contribution < 1.29 is 0 Å². The van der Waals surface area contributed by atoms with Crippen molar-refractivity contribution in [2.24, 2.45) is 0 Å². The van der Waals surface area contributed by atoms with Crippen molar-refractivity contribution in [1.29, 1.82) is 5.26 Å². The molecule has 0 N–H and O–H groups in total. The van der Waals surface area contributed by atoms with Crippen LogP contribution in [0.5, 0.6) is 0 Å². The minimum atomic E-state index is -0.171. The molecule has 0 aliphatic heterocycles. The minimum absolute atomic E-state index is 0.171. The fourth-order valence-electron chi connectivity index (χ4n) is 6.73. The molecule has 0 atom stereocenters. The fourth-order valence-corrected chi connectivity index (χ4v) is 6.73. The molecular weight excluding hydrogens is 573 g/mol. The first-order valence-electron chi connectivity index (χ1n) is 15.8. The highest BCUT2D eigenvalue weighted by Crippen LogP contribution is 2.52. The first kappa shape index (κ1) is 28.3. The molecule has 0 spiro atoms. The maximum Gasteiger partial charge on any atom is 0.164 e. The van der Waals surface area contributed by atoms with Crippen molar-refractivity contribution in [1.82, 2.24) is 15.0 Å². The van der Waals surface area contributed by atoms with Crippen molar-refractivity contribution in [3.05, 3.63) is 162 Å². The molecule has 4 nitrogen and oxygen atoms in total. The lowest BCUT2D eigenvalue weighted by atomic mass is 9.82. The first-order valence-corrected chi connectivity index (χ1v) is 15.8. The van der Waals surface area contributed by atoms with E-state index in [0.717, 1.165) is 38.9 Å². The van der Waals surface area contributed by atoms with Crippen LogP contribution in [-0.4, -0.2) is 15.0 Å². The smallest absolute Gasteiger partial charge is 0.164 e. The van der Waals surface area contributed by atoms with Gasteiger partial charge in [-0.3, -0.25) is 0 Å². The quantitative estimate of drug-likeness (QED) is 0.197. The zero-order valence-electron chi connectivity index (χ0n) is 26.1. The standard InChI is InChI=1S/C43H30N4/c1-43(2)37-24-19-28(27-44)25-36(37)39-35(17-10-18-38(39)43)33-15-9-16-34(26-33)42-46-40(31-13-7-4-8-14-31)45-41(47-42)32-22-20-30(21-23-32)29-11-5-3-6-12-29/h3-26H,1-2H3. The van der Waals surface area contributed by atoms with Gasteiger partial charge in [0.1, 0.15) is 0 Å². The molecule has 1 aliphatic carbocycles. The van der Waals surface area contributed by atoms with E-state index in [9.17, 15) is 5.26 Å². The molecular formula is C43H30N4. The summed E-state index contributed by atoms with van der Waals surface area (Å²) in [6.45, 7) is 4.52. The number of nitrogens with zero attached hydrogens (tertiary/aromatic N) is 4. The molecule has 0 radical (unpaired) electrons. The van der Waals surface area contributed by atoms with E-state index in [1.807, 2.05) is 48.5 Å². The van der Waals surface area contributed by atoms with Crippen molar-refractivity contribution >= 4 is 0 Å². The Kier molecular flexibility index (Phi) is 6.82. The lowest BCUT2D eigenvalue weighted by Crippen LogP contribution is -2.14. The van der Waals surface area contributed by atoms with Gasteiger partial charge in [-0.25, -0.2) is 15.0 Å². The molecule has 0 unspecified atom stereocenters. The molecule has 4 heteroatoms. The maximum atomic E-state index is 9.70. The summed E-state index contributed by atoms with van der Waals surface area (Å²) in [5.74, 6) is 1.87. The molecule has 7 aromatic rings. The van der Waals surface area contributed by atoms with Gasteiger partial charge in [0.25, 0.3) is 0 Å². The second-order valence-electron chi connectivity index (χ2n) is 12.4.